The fourth-order valence-corrected chi connectivity index (χ4v) is 4.16. The van der Waals surface area contributed by atoms with Gasteiger partial charge in [0.2, 0.25) is 0 Å². The average molecular weight is 365 g/mol. The molecule has 3 heterocycles. The largest absolute Gasteiger partial charge is 0.451 e. The monoisotopic (exact) mass is 365 g/mol. The van der Waals surface area contributed by atoms with Crippen LogP contribution in [0.1, 0.15) is 53.2 Å². The summed E-state index contributed by atoms with van der Waals surface area (Å²) >= 11 is 0. The number of fused-ring (bicyclic) bond motifs is 1. The number of aromatic nitrogens is 2. The Labute approximate surface area is 160 Å². The standard InChI is InChI=1S/C22H27N3O2/c1-15-7-8-19-16(2)21(27-20(19)14-15)22(26)25-11-5-4-6-18(25)9-12-24-13-10-23-17(24)3/h7-8,10,13-14,18H,4-6,9,11-12H2,1-3H3. The quantitative estimate of drug-likeness (QED) is 0.677. The van der Waals surface area contributed by atoms with Crippen molar-refractivity contribution in [3.63, 3.8) is 0 Å². The van der Waals surface area contributed by atoms with Gasteiger partial charge >= 0.3 is 0 Å². The molecule has 4 rings (SSSR count). The summed E-state index contributed by atoms with van der Waals surface area (Å²) in [6.07, 6.45) is 8.08. The first-order chi connectivity index (χ1) is 13.0. The Kier molecular flexibility index (Phi) is 4.77. The van der Waals surface area contributed by atoms with Gasteiger partial charge < -0.3 is 13.9 Å². The van der Waals surface area contributed by atoms with Crippen LogP contribution in [0.5, 0.6) is 0 Å². The number of hydrogen-bond donors (Lipinski definition) is 0. The van der Waals surface area contributed by atoms with E-state index in [1.165, 1.54) is 6.42 Å². The number of furan rings is 1. The summed E-state index contributed by atoms with van der Waals surface area (Å²) in [4.78, 5) is 19.7. The number of carbonyl (C=O) groups is 1. The lowest BCUT2D eigenvalue weighted by Crippen LogP contribution is -2.44. The summed E-state index contributed by atoms with van der Waals surface area (Å²) in [5.41, 5.74) is 2.89. The topological polar surface area (TPSA) is 51.3 Å². The van der Waals surface area contributed by atoms with E-state index >= 15 is 0 Å². The molecule has 5 nitrogen and oxygen atoms in total. The van der Waals surface area contributed by atoms with Gasteiger partial charge in [-0.05, 0) is 58.1 Å². The maximum absolute atomic E-state index is 13.3. The molecule has 0 bridgehead atoms. The van der Waals surface area contributed by atoms with E-state index < -0.39 is 0 Å². The highest BCUT2D eigenvalue weighted by Gasteiger charge is 2.30. The molecule has 142 valence electrons. The van der Waals surface area contributed by atoms with Gasteiger partial charge in [-0.3, -0.25) is 4.79 Å². The second-order valence-electron chi connectivity index (χ2n) is 7.66. The number of piperidine rings is 1. The number of nitrogens with zero attached hydrogens (tertiary/aromatic N) is 3. The predicted molar refractivity (Wildman–Crippen MR) is 106 cm³/mol. The third-order valence-corrected chi connectivity index (χ3v) is 5.80. The Balaban J connectivity index is 1.57. The van der Waals surface area contributed by atoms with Crippen LogP contribution in [-0.2, 0) is 6.54 Å². The second-order valence-corrected chi connectivity index (χ2v) is 7.66. The first-order valence-electron chi connectivity index (χ1n) is 9.83. The summed E-state index contributed by atoms with van der Waals surface area (Å²) in [6, 6.07) is 6.38. The lowest BCUT2D eigenvalue weighted by atomic mass is 9.98. The summed E-state index contributed by atoms with van der Waals surface area (Å²) < 4.78 is 8.17. The van der Waals surface area contributed by atoms with Crippen LogP contribution in [0.3, 0.4) is 0 Å². The molecule has 27 heavy (non-hydrogen) atoms. The van der Waals surface area contributed by atoms with E-state index in [2.05, 4.69) is 21.7 Å². The van der Waals surface area contributed by atoms with Gasteiger partial charge in [0.25, 0.3) is 5.91 Å². The predicted octanol–water partition coefficient (Wildman–Crippen LogP) is 4.64. The number of hydrogen-bond acceptors (Lipinski definition) is 3. The van der Waals surface area contributed by atoms with E-state index in [4.69, 9.17) is 4.42 Å². The van der Waals surface area contributed by atoms with Crippen molar-refractivity contribution in [1.82, 2.24) is 14.5 Å². The summed E-state index contributed by atoms with van der Waals surface area (Å²) in [7, 11) is 0. The maximum atomic E-state index is 13.3. The molecule has 1 aromatic carbocycles. The Morgan fingerprint density at radius 3 is 2.89 bits per heavy atom. The normalized spacial score (nSPS) is 17.6. The first kappa shape index (κ1) is 17.8. The van der Waals surface area contributed by atoms with E-state index in [1.54, 1.807) is 0 Å². The van der Waals surface area contributed by atoms with Gasteiger partial charge in [-0.2, -0.15) is 0 Å². The highest BCUT2D eigenvalue weighted by atomic mass is 16.3. The van der Waals surface area contributed by atoms with Crippen LogP contribution < -0.4 is 0 Å². The molecule has 0 N–H and O–H groups in total. The smallest absolute Gasteiger partial charge is 0.290 e. The molecule has 1 aliphatic rings. The number of rotatable bonds is 4. The van der Waals surface area contributed by atoms with Gasteiger partial charge in [-0.25, -0.2) is 4.98 Å². The molecular weight excluding hydrogens is 338 g/mol. The van der Waals surface area contributed by atoms with E-state index in [0.29, 0.717) is 5.76 Å². The summed E-state index contributed by atoms with van der Waals surface area (Å²) in [6.45, 7) is 7.74. The number of carbonyl (C=O) groups excluding carboxylic acids is 1. The highest BCUT2D eigenvalue weighted by Crippen LogP contribution is 2.29. The van der Waals surface area contributed by atoms with Gasteiger partial charge in [0.15, 0.2) is 5.76 Å². The highest BCUT2D eigenvalue weighted by molar-refractivity contribution is 5.99. The minimum atomic E-state index is 0.0356. The molecular formula is C22H27N3O2. The molecule has 1 fully saturated rings. The summed E-state index contributed by atoms with van der Waals surface area (Å²) in [5.74, 6) is 1.56. The van der Waals surface area contributed by atoms with Crippen LogP contribution >= 0.6 is 0 Å². The summed E-state index contributed by atoms with van der Waals surface area (Å²) in [5, 5.41) is 1.03. The van der Waals surface area contributed by atoms with Crippen LogP contribution in [0.25, 0.3) is 11.0 Å². The first-order valence-corrected chi connectivity index (χ1v) is 9.83. The van der Waals surface area contributed by atoms with Crippen molar-refractivity contribution in [2.24, 2.45) is 0 Å². The van der Waals surface area contributed by atoms with Gasteiger partial charge in [-0.15, -0.1) is 0 Å². The number of likely N-dealkylation sites (tertiary alicyclic amines) is 1. The van der Waals surface area contributed by atoms with E-state index in [-0.39, 0.29) is 11.9 Å². The Hall–Kier alpha value is -2.56. The molecule has 3 aromatic rings. The number of benzene rings is 1. The number of amides is 1. The van der Waals surface area contributed by atoms with Gasteiger partial charge in [0.1, 0.15) is 11.4 Å². The fourth-order valence-electron chi connectivity index (χ4n) is 4.16. The Bertz CT molecular complexity index is 969. The van der Waals surface area contributed by atoms with Crippen LogP contribution in [0, 0.1) is 20.8 Å². The van der Waals surface area contributed by atoms with Crippen LogP contribution in [0.15, 0.2) is 35.0 Å². The van der Waals surface area contributed by atoms with E-state index in [0.717, 1.165) is 60.3 Å². The number of aryl methyl sites for hydroxylation is 4. The molecule has 0 radical (unpaired) electrons. The van der Waals surface area contributed by atoms with Crippen molar-refractivity contribution in [2.45, 2.75) is 59.0 Å². The van der Waals surface area contributed by atoms with Crippen LogP contribution in [0.2, 0.25) is 0 Å². The lowest BCUT2D eigenvalue weighted by molar-refractivity contribution is 0.0564. The molecule has 1 saturated heterocycles. The second kappa shape index (κ2) is 7.22. The molecule has 0 spiro atoms. The molecule has 5 heteroatoms. The third-order valence-electron chi connectivity index (χ3n) is 5.80. The number of imidazole rings is 1. The Morgan fingerprint density at radius 2 is 2.11 bits per heavy atom. The van der Waals surface area contributed by atoms with Crippen molar-refractivity contribution < 1.29 is 9.21 Å². The van der Waals surface area contributed by atoms with Crippen LogP contribution in [0.4, 0.5) is 0 Å². The van der Waals surface area contributed by atoms with Crippen molar-refractivity contribution in [2.75, 3.05) is 6.54 Å². The molecule has 0 aliphatic carbocycles. The third kappa shape index (κ3) is 3.38. The minimum absolute atomic E-state index is 0.0356. The zero-order valence-electron chi connectivity index (χ0n) is 16.4. The van der Waals surface area contributed by atoms with Gasteiger partial charge in [0, 0.05) is 42.5 Å². The van der Waals surface area contributed by atoms with Gasteiger partial charge in [0.05, 0.1) is 0 Å². The van der Waals surface area contributed by atoms with Crippen molar-refractivity contribution in [3.05, 3.63) is 53.3 Å². The molecule has 0 saturated carbocycles. The van der Waals surface area contributed by atoms with E-state index in [9.17, 15) is 4.79 Å². The lowest BCUT2D eigenvalue weighted by Gasteiger charge is -2.35. The zero-order chi connectivity index (χ0) is 19.0. The van der Waals surface area contributed by atoms with Crippen molar-refractivity contribution in [1.29, 1.82) is 0 Å². The molecule has 1 atom stereocenters. The minimum Gasteiger partial charge on any atom is -0.451 e. The Morgan fingerprint density at radius 1 is 1.26 bits per heavy atom. The van der Waals surface area contributed by atoms with Crippen molar-refractivity contribution >= 4 is 16.9 Å². The van der Waals surface area contributed by atoms with Crippen LogP contribution in [-0.4, -0.2) is 32.9 Å². The molecule has 1 aliphatic heterocycles. The molecule has 2 aromatic heterocycles. The van der Waals surface area contributed by atoms with Crippen molar-refractivity contribution in [3.8, 4) is 0 Å². The maximum Gasteiger partial charge on any atom is 0.290 e. The average Bonchev–Trinajstić information content (AvgIpc) is 3.22. The molecule has 1 amide bonds. The SMILES string of the molecule is Cc1ccc2c(C)c(C(=O)N3CCCCC3CCn3ccnc3C)oc2c1. The van der Waals surface area contributed by atoms with Gasteiger partial charge in [-0.1, -0.05) is 12.1 Å². The fraction of sp³-hybridized carbons (Fsp3) is 0.455. The zero-order valence-corrected chi connectivity index (χ0v) is 16.4. The molecule has 1 unspecified atom stereocenters. The van der Waals surface area contributed by atoms with E-state index in [1.807, 2.05) is 44.1 Å².